The Morgan fingerprint density at radius 1 is 1.26 bits per heavy atom. The number of pyridine rings is 1. The second-order valence-electron chi connectivity index (χ2n) is 5.46. The van der Waals surface area contributed by atoms with Crippen molar-refractivity contribution >= 4 is 5.82 Å². The molecule has 1 aromatic carbocycles. The fourth-order valence-electron chi connectivity index (χ4n) is 2.62. The van der Waals surface area contributed by atoms with Gasteiger partial charge in [0.1, 0.15) is 11.9 Å². The van der Waals surface area contributed by atoms with Crippen LogP contribution in [0.15, 0.2) is 48.7 Å². The predicted octanol–water partition coefficient (Wildman–Crippen LogP) is 2.74. The molecule has 5 heteroatoms. The van der Waals surface area contributed by atoms with Crippen molar-refractivity contribution in [2.24, 2.45) is 0 Å². The van der Waals surface area contributed by atoms with E-state index < -0.39 is 0 Å². The molecule has 0 unspecified atom stereocenters. The molecule has 0 spiro atoms. The predicted molar refractivity (Wildman–Crippen MR) is 86.8 cm³/mol. The van der Waals surface area contributed by atoms with Crippen molar-refractivity contribution in [2.75, 3.05) is 18.5 Å². The van der Waals surface area contributed by atoms with Crippen LogP contribution >= 0.6 is 0 Å². The summed E-state index contributed by atoms with van der Waals surface area (Å²) in [6, 6.07) is 15.7. The number of ether oxygens (including phenoxy) is 2. The number of benzene rings is 1. The van der Waals surface area contributed by atoms with Crippen LogP contribution in [0.4, 0.5) is 5.82 Å². The largest absolute Gasteiger partial charge is 0.379 e. The molecule has 0 radical (unpaired) electrons. The van der Waals surface area contributed by atoms with Crippen LogP contribution in [0.3, 0.4) is 0 Å². The molecule has 3 rings (SSSR count). The average molecular weight is 309 g/mol. The number of aromatic nitrogens is 1. The number of rotatable bonds is 5. The molecule has 2 atom stereocenters. The summed E-state index contributed by atoms with van der Waals surface area (Å²) in [6.45, 7) is 1.79. The summed E-state index contributed by atoms with van der Waals surface area (Å²) < 4.78 is 11.6. The third-order valence-electron chi connectivity index (χ3n) is 3.85. The third kappa shape index (κ3) is 4.07. The zero-order valence-electron chi connectivity index (χ0n) is 12.8. The van der Waals surface area contributed by atoms with Gasteiger partial charge in [0.05, 0.1) is 30.9 Å². The first kappa shape index (κ1) is 15.5. The van der Waals surface area contributed by atoms with Crippen LogP contribution in [0.2, 0.25) is 0 Å². The molecule has 1 aliphatic heterocycles. The van der Waals surface area contributed by atoms with E-state index in [4.69, 9.17) is 9.47 Å². The van der Waals surface area contributed by atoms with Gasteiger partial charge < -0.3 is 14.8 Å². The van der Waals surface area contributed by atoms with E-state index in [1.54, 1.807) is 18.3 Å². The van der Waals surface area contributed by atoms with Gasteiger partial charge in [0.25, 0.3) is 0 Å². The Morgan fingerprint density at radius 3 is 2.96 bits per heavy atom. The summed E-state index contributed by atoms with van der Waals surface area (Å²) in [4.78, 5) is 4.25. The highest BCUT2D eigenvalue weighted by atomic mass is 16.5. The minimum absolute atomic E-state index is 0.0190. The van der Waals surface area contributed by atoms with E-state index in [1.807, 2.05) is 30.3 Å². The molecule has 23 heavy (non-hydrogen) atoms. The Hall–Kier alpha value is -2.42. The number of anilines is 1. The van der Waals surface area contributed by atoms with E-state index in [0.717, 1.165) is 12.0 Å². The van der Waals surface area contributed by atoms with Crippen LogP contribution in [0.1, 0.15) is 17.5 Å². The van der Waals surface area contributed by atoms with Gasteiger partial charge in [-0.1, -0.05) is 30.3 Å². The lowest BCUT2D eigenvalue weighted by Crippen LogP contribution is -2.44. The lowest BCUT2D eigenvalue weighted by molar-refractivity contribution is -0.0478. The quantitative estimate of drug-likeness (QED) is 0.920. The van der Waals surface area contributed by atoms with E-state index in [1.165, 1.54) is 0 Å². The molecule has 0 saturated carbocycles. The summed E-state index contributed by atoms with van der Waals surface area (Å²) in [5, 5.41) is 12.5. The molecule has 5 nitrogen and oxygen atoms in total. The van der Waals surface area contributed by atoms with E-state index in [0.29, 0.717) is 31.2 Å². The standard InChI is InChI=1S/C18H19N3O2/c19-11-15-7-4-9-20-18(15)21-16-13-22-10-8-17(16)23-12-14-5-2-1-3-6-14/h1-7,9,16-17H,8,10,12-13H2,(H,20,21)/t16-,17+/m1/s1. The molecule has 118 valence electrons. The van der Waals surface area contributed by atoms with Gasteiger partial charge in [0.15, 0.2) is 0 Å². The Morgan fingerprint density at radius 2 is 2.13 bits per heavy atom. The van der Waals surface area contributed by atoms with Crippen molar-refractivity contribution in [3.05, 3.63) is 59.8 Å². The van der Waals surface area contributed by atoms with Crippen LogP contribution in [0, 0.1) is 11.3 Å². The van der Waals surface area contributed by atoms with Crippen molar-refractivity contribution in [3.63, 3.8) is 0 Å². The molecule has 2 aromatic rings. The molecule has 1 fully saturated rings. The van der Waals surface area contributed by atoms with Crippen LogP contribution in [-0.2, 0) is 16.1 Å². The first-order chi connectivity index (χ1) is 11.4. The number of nitriles is 1. The van der Waals surface area contributed by atoms with E-state index in [-0.39, 0.29) is 12.1 Å². The van der Waals surface area contributed by atoms with Crippen molar-refractivity contribution in [3.8, 4) is 6.07 Å². The lowest BCUT2D eigenvalue weighted by atomic mass is 10.1. The normalized spacial score (nSPS) is 20.7. The number of hydrogen-bond donors (Lipinski definition) is 1. The van der Waals surface area contributed by atoms with Gasteiger partial charge in [-0.25, -0.2) is 4.98 Å². The summed E-state index contributed by atoms with van der Waals surface area (Å²) >= 11 is 0. The van der Waals surface area contributed by atoms with Crippen LogP contribution in [0.25, 0.3) is 0 Å². The van der Waals surface area contributed by atoms with Crippen LogP contribution in [0.5, 0.6) is 0 Å². The minimum atomic E-state index is -0.0190. The Balaban J connectivity index is 1.65. The summed E-state index contributed by atoms with van der Waals surface area (Å²) in [5.74, 6) is 0.582. The molecule has 1 N–H and O–H groups in total. The van der Waals surface area contributed by atoms with Crippen molar-refractivity contribution in [1.29, 1.82) is 5.26 Å². The smallest absolute Gasteiger partial charge is 0.144 e. The van der Waals surface area contributed by atoms with Gasteiger partial charge >= 0.3 is 0 Å². The molecule has 1 saturated heterocycles. The zero-order chi connectivity index (χ0) is 15.9. The maximum Gasteiger partial charge on any atom is 0.144 e. The second-order valence-corrected chi connectivity index (χ2v) is 5.46. The SMILES string of the molecule is N#Cc1cccnc1N[C@@H]1COCC[C@@H]1OCc1ccccc1. The fraction of sp³-hybridized carbons (Fsp3) is 0.333. The van der Waals surface area contributed by atoms with E-state index in [2.05, 4.69) is 16.4 Å². The number of nitrogens with one attached hydrogen (secondary N) is 1. The van der Waals surface area contributed by atoms with Crippen molar-refractivity contribution in [2.45, 2.75) is 25.2 Å². The second kappa shape index (κ2) is 7.73. The molecule has 0 amide bonds. The number of hydrogen-bond acceptors (Lipinski definition) is 5. The van der Waals surface area contributed by atoms with Crippen molar-refractivity contribution in [1.82, 2.24) is 4.98 Å². The molecule has 0 aliphatic carbocycles. The Kier molecular flexibility index (Phi) is 5.20. The molecule has 0 bridgehead atoms. The summed E-state index contributed by atoms with van der Waals surface area (Å²) in [7, 11) is 0. The lowest BCUT2D eigenvalue weighted by Gasteiger charge is -2.32. The highest BCUT2D eigenvalue weighted by molar-refractivity contribution is 5.52. The maximum atomic E-state index is 9.17. The van der Waals surface area contributed by atoms with Gasteiger partial charge in [-0.2, -0.15) is 5.26 Å². The molecule has 1 aliphatic rings. The molecular weight excluding hydrogens is 290 g/mol. The van der Waals surface area contributed by atoms with Gasteiger partial charge in [0, 0.05) is 12.8 Å². The minimum Gasteiger partial charge on any atom is -0.379 e. The molecular formula is C18H19N3O2. The third-order valence-corrected chi connectivity index (χ3v) is 3.85. The van der Waals surface area contributed by atoms with Gasteiger partial charge in [-0.05, 0) is 24.1 Å². The average Bonchev–Trinajstić information content (AvgIpc) is 2.62. The Labute approximate surface area is 135 Å². The zero-order valence-corrected chi connectivity index (χ0v) is 12.8. The van der Waals surface area contributed by atoms with E-state index in [9.17, 15) is 5.26 Å². The molecule has 2 heterocycles. The summed E-state index contributed by atoms with van der Waals surface area (Å²) in [5.41, 5.74) is 1.67. The molecule has 1 aromatic heterocycles. The first-order valence-corrected chi connectivity index (χ1v) is 7.72. The maximum absolute atomic E-state index is 9.17. The van der Waals surface area contributed by atoms with E-state index >= 15 is 0 Å². The van der Waals surface area contributed by atoms with Crippen LogP contribution < -0.4 is 5.32 Å². The topological polar surface area (TPSA) is 67.2 Å². The van der Waals surface area contributed by atoms with Crippen molar-refractivity contribution < 1.29 is 9.47 Å². The van der Waals surface area contributed by atoms with Gasteiger partial charge in [-0.3, -0.25) is 0 Å². The summed E-state index contributed by atoms with van der Waals surface area (Å²) in [6.07, 6.45) is 2.52. The monoisotopic (exact) mass is 309 g/mol. The van der Waals surface area contributed by atoms with Gasteiger partial charge in [0.2, 0.25) is 0 Å². The first-order valence-electron chi connectivity index (χ1n) is 7.72. The fourth-order valence-corrected chi connectivity index (χ4v) is 2.62. The van der Waals surface area contributed by atoms with Crippen LogP contribution in [-0.4, -0.2) is 30.3 Å². The highest BCUT2D eigenvalue weighted by Gasteiger charge is 2.27. The highest BCUT2D eigenvalue weighted by Crippen LogP contribution is 2.19. The van der Waals surface area contributed by atoms with Gasteiger partial charge in [-0.15, -0.1) is 0 Å². The Bertz CT molecular complexity index is 669. The number of nitrogens with zero attached hydrogens (tertiary/aromatic N) is 2.